The summed E-state index contributed by atoms with van der Waals surface area (Å²) in [6, 6.07) is 30.8. The zero-order valence-corrected chi connectivity index (χ0v) is 39.4. The molecule has 3 aromatic heterocycles. The monoisotopic (exact) mass is 928 g/mol. The van der Waals surface area contributed by atoms with Crippen LogP contribution in [0.15, 0.2) is 135 Å². The van der Waals surface area contributed by atoms with Crippen molar-refractivity contribution in [2.75, 3.05) is 0 Å². The minimum atomic E-state index is -2.26. The molecule has 7 aromatic rings. The summed E-state index contributed by atoms with van der Waals surface area (Å²) in [5, 5.41) is 0. The number of rotatable bonds is 11. The van der Waals surface area contributed by atoms with Gasteiger partial charge in [-0.2, -0.15) is 0 Å². The Labute approximate surface area is 392 Å². The molecule has 5 heterocycles. The van der Waals surface area contributed by atoms with E-state index in [1.165, 1.54) is 12.1 Å². The summed E-state index contributed by atoms with van der Waals surface area (Å²) in [6.07, 6.45) is 14.9. The van der Waals surface area contributed by atoms with E-state index in [0.29, 0.717) is 44.8 Å². The van der Waals surface area contributed by atoms with Crippen molar-refractivity contribution in [1.82, 2.24) is 19.9 Å². The molecule has 0 spiro atoms. The zero-order chi connectivity index (χ0) is 45.6. The quantitative estimate of drug-likeness (QED) is 0.0426. The van der Waals surface area contributed by atoms with Crippen molar-refractivity contribution in [2.45, 2.75) is 38.5 Å². The Hall–Kier alpha value is -7.03. The van der Waals surface area contributed by atoms with Gasteiger partial charge in [0, 0.05) is 5.41 Å². The predicted molar refractivity (Wildman–Crippen MR) is 254 cm³/mol. The van der Waals surface area contributed by atoms with Gasteiger partial charge in [0.2, 0.25) is 5.82 Å². The number of hydrogen-bond acceptors (Lipinski definition) is 2. The van der Waals surface area contributed by atoms with Crippen molar-refractivity contribution in [3.05, 3.63) is 204 Å². The maximum atomic E-state index is 16.0. The van der Waals surface area contributed by atoms with Crippen LogP contribution < -0.4 is 9.97 Å². The van der Waals surface area contributed by atoms with Crippen LogP contribution in [0.5, 0.6) is 0 Å². The van der Waals surface area contributed by atoms with Gasteiger partial charge in [-0.3, -0.25) is 0 Å². The fourth-order valence-electron chi connectivity index (χ4n) is 8.92. The first-order valence-corrected chi connectivity index (χ1v) is 21.1. The van der Waals surface area contributed by atoms with Crippen LogP contribution in [0.25, 0.3) is 90.9 Å². The number of allylic oxidation sites excluding steroid dienone is 3. The predicted octanol–water partition coefficient (Wildman–Crippen LogP) is 14.9. The van der Waals surface area contributed by atoms with Crippen LogP contribution in [0.2, 0.25) is 0 Å². The van der Waals surface area contributed by atoms with E-state index in [1.54, 1.807) is 12.1 Å². The standard InChI is InChI=1S/C56H41F5N4.Zn/c1-6-29-56(30-7-2,31-8-3)37-19-17-36(18-20-37)48-40-23-21-38(62-40)46(34-13-9-32(4)10-14-34)42-25-27-44(64-42)49(50-51(57)53(59)55(61)54(60)52(50)58)45-28-26-43(65-45)47(39-22-24-41(48)63-39)35-15-11-33(5)12-16-35;/h6-28H,1-3,29-31H2,4-5H3;/q-2;+2. The van der Waals surface area contributed by atoms with Gasteiger partial charge in [0.05, 0.1) is 28.3 Å². The fraction of sp³-hybridized carbons (Fsp3) is 0.107. The van der Waals surface area contributed by atoms with Gasteiger partial charge in [-0.05, 0) is 102 Å². The molecule has 0 saturated carbocycles. The van der Waals surface area contributed by atoms with Gasteiger partial charge >= 0.3 is 19.5 Å². The topological polar surface area (TPSA) is 54.0 Å². The molecule has 4 nitrogen and oxygen atoms in total. The third-order valence-electron chi connectivity index (χ3n) is 12.1. The van der Waals surface area contributed by atoms with Gasteiger partial charge in [0.1, 0.15) is 0 Å². The normalized spacial score (nSPS) is 12.0. The molecule has 0 aliphatic carbocycles. The van der Waals surface area contributed by atoms with Crippen LogP contribution >= 0.6 is 0 Å². The number of aryl methyl sites for hydroxylation is 2. The molecule has 322 valence electrons. The molecule has 9 rings (SSSR count). The number of benzene rings is 4. The Morgan fingerprint density at radius 1 is 0.424 bits per heavy atom. The van der Waals surface area contributed by atoms with E-state index in [-0.39, 0.29) is 41.7 Å². The second-order valence-electron chi connectivity index (χ2n) is 16.4. The Bertz CT molecular complexity index is 3200. The summed E-state index contributed by atoms with van der Waals surface area (Å²) in [6.45, 7) is 16.1. The SMILES string of the molecule is C=CCC(CC=C)(CC=C)c1ccc(-c2c3nc(c(-c4ccc(C)cc4)c4ccc([n-]4)c(-c4c(F)c(F)c(F)c(F)c4F)c4nc(c(-c5ccc(C)cc5)c5ccc2[n-]5)C=C4)C=C3)cc1.[Zn+2]. The Kier molecular flexibility index (Phi) is 12.7. The second kappa shape index (κ2) is 18.5. The first kappa shape index (κ1) is 45.5. The minimum absolute atomic E-state index is 0. The Morgan fingerprint density at radius 2 is 0.727 bits per heavy atom. The smallest absolute Gasteiger partial charge is 0.657 e. The first-order chi connectivity index (χ1) is 31.4. The van der Waals surface area contributed by atoms with Gasteiger partial charge in [0.25, 0.3) is 0 Å². The number of halogens is 5. The minimum Gasteiger partial charge on any atom is -0.657 e. The number of fused-ring (bicyclic) bond motifs is 8. The second-order valence-corrected chi connectivity index (χ2v) is 16.4. The van der Waals surface area contributed by atoms with E-state index in [9.17, 15) is 4.39 Å². The van der Waals surface area contributed by atoms with E-state index < -0.39 is 34.6 Å². The summed E-state index contributed by atoms with van der Waals surface area (Å²) < 4.78 is 76.6. The van der Waals surface area contributed by atoms with Crippen molar-refractivity contribution in [2.24, 2.45) is 0 Å². The van der Waals surface area contributed by atoms with Crippen molar-refractivity contribution in [3.8, 4) is 44.5 Å². The molecule has 2 aliphatic heterocycles. The number of hydrogen-bond donors (Lipinski definition) is 0. The molecule has 66 heavy (non-hydrogen) atoms. The molecule has 0 N–H and O–H groups in total. The molecule has 2 aliphatic rings. The van der Waals surface area contributed by atoms with Gasteiger partial charge in [-0.1, -0.05) is 126 Å². The van der Waals surface area contributed by atoms with Crippen molar-refractivity contribution in [3.63, 3.8) is 0 Å². The van der Waals surface area contributed by atoms with Crippen LogP contribution in [-0.4, -0.2) is 9.97 Å². The summed E-state index contributed by atoms with van der Waals surface area (Å²) in [5.41, 5.74) is 8.47. The largest absolute Gasteiger partial charge is 2.00 e. The van der Waals surface area contributed by atoms with Gasteiger partial charge in [0.15, 0.2) is 23.3 Å². The van der Waals surface area contributed by atoms with E-state index >= 15 is 17.6 Å². The first-order valence-electron chi connectivity index (χ1n) is 21.1. The molecule has 4 aromatic carbocycles. The summed E-state index contributed by atoms with van der Waals surface area (Å²) in [7, 11) is 0. The maximum Gasteiger partial charge on any atom is 2.00 e. The molecular weight excluding hydrogens is 889 g/mol. The van der Waals surface area contributed by atoms with Crippen LogP contribution in [0.1, 0.15) is 58.7 Å². The third kappa shape index (κ3) is 8.04. The molecule has 0 saturated heterocycles. The average Bonchev–Trinajstić information content (AvgIpc) is 4.16. The zero-order valence-electron chi connectivity index (χ0n) is 36.4. The van der Waals surface area contributed by atoms with E-state index in [1.807, 2.05) is 105 Å². The molecule has 0 amide bonds. The number of nitrogens with zero attached hydrogens (tertiary/aromatic N) is 4. The van der Waals surface area contributed by atoms with Gasteiger partial charge < -0.3 is 9.97 Å². The van der Waals surface area contributed by atoms with E-state index in [0.717, 1.165) is 58.2 Å². The molecule has 0 atom stereocenters. The van der Waals surface area contributed by atoms with Crippen LogP contribution in [0.3, 0.4) is 0 Å². The molecule has 10 heteroatoms. The van der Waals surface area contributed by atoms with E-state index in [4.69, 9.17) is 19.9 Å². The van der Waals surface area contributed by atoms with Crippen molar-refractivity contribution < 1.29 is 41.4 Å². The van der Waals surface area contributed by atoms with Crippen molar-refractivity contribution in [1.29, 1.82) is 0 Å². The molecule has 0 radical (unpaired) electrons. The summed E-state index contributed by atoms with van der Waals surface area (Å²) in [5.74, 6) is -10.4. The molecular formula is C56H41F5N4Zn. The number of aromatic nitrogens is 4. The Morgan fingerprint density at radius 3 is 1.08 bits per heavy atom. The maximum absolute atomic E-state index is 16.0. The average molecular weight is 930 g/mol. The van der Waals surface area contributed by atoms with Crippen molar-refractivity contribution >= 4 is 46.4 Å². The Balaban J connectivity index is 0.00000592. The summed E-state index contributed by atoms with van der Waals surface area (Å²) >= 11 is 0. The summed E-state index contributed by atoms with van der Waals surface area (Å²) in [4.78, 5) is 20.3. The van der Waals surface area contributed by atoms with Gasteiger partial charge in [-0.25, -0.2) is 31.9 Å². The van der Waals surface area contributed by atoms with Crippen LogP contribution in [-0.2, 0) is 24.9 Å². The van der Waals surface area contributed by atoms with E-state index in [2.05, 4.69) is 44.0 Å². The van der Waals surface area contributed by atoms with Crippen LogP contribution in [0.4, 0.5) is 22.0 Å². The third-order valence-corrected chi connectivity index (χ3v) is 12.1. The van der Waals surface area contributed by atoms with Crippen LogP contribution in [0, 0.1) is 42.9 Å². The fourth-order valence-corrected chi connectivity index (χ4v) is 8.92. The molecule has 0 unspecified atom stereocenters. The van der Waals surface area contributed by atoms with Gasteiger partial charge in [-0.15, -0.1) is 41.8 Å². The molecule has 0 fully saturated rings. The molecule has 8 bridgehead atoms.